The Labute approximate surface area is 75.8 Å². The number of hydrogen-bond acceptors (Lipinski definition) is 3. The van der Waals surface area contributed by atoms with Crippen LogP contribution in [0.3, 0.4) is 0 Å². The molecular weight excluding hydrogens is 172 g/mol. The second-order valence-electron chi connectivity index (χ2n) is 2.37. The maximum absolute atomic E-state index is 11.2. The van der Waals surface area contributed by atoms with Gasteiger partial charge in [0.1, 0.15) is 0 Å². The summed E-state index contributed by atoms with van der Waals surface area (Å²) in [6.45, 7) is 1.47. The van der Waals surface area contributed by atoms with Crippen LogP contribution in [0.5, 0.6) is 0 Å². The van der Waals surface area contributed by atoms with Crippen LogP contribution in [0.4, 0.5) is 0 Å². The molecule has 1 aromatic rings. The van der Waals surface area contributed by atoms with Crippen LogP contribution in [0.2, 0.25) is 0 Å². The SMILES string of the molecule is CNCCNC(=O)c1ccsc1. The van der Waals surface area contributed by atoms with E-state index in [1.165, 1.54) is 11.3 Å². The first-order chi connectivity index (χ1) is 5.84. The number of carbonyl (C=O) groups is 1. The predicted octanol–water partition coefficient (Wildman–Crippen LogP) is 0.697. The summed E-state index contributed by atoms with van der Waals surface area (Å²) in [7, 11) is 1.86. The smallest absolute Gasteiger partial charge is 0.252 e. The molecule has 1 amide bonds. The second kappa shape index (κ2) is 4.90. The van der Waals surface area contributed by atoms with Crippen molar-refractivity contribution in [1.82, 2.24) is 10.6 Å². The van der Waals surface area contributed by atoms with Crippen LogP contribution < -0.4 is 10.6 Å². The monoisotopic (exact) mass is 184 g/mol. The molecule has 0 aliphatic carbocycles. The zero-order chi connectivity index (χ0) is 8.81. The van der Waals surface area contributed by atoms with Crippen molar-refractivity contribution in [2.24, 2.45) is 0 Å². The van der Waals surface area contributed by atoms with Gasteiger partial charge >= 0.3 is 0 Å². The molecule has 66 valence electrons. The minimum atomic E-state index is 0.00602. The maximum atomic E-state index is 11.2. The van der Waals surface area contributed by atoms with Gasteiger partial charge in [0, 0.05) is 24.0 Å². The first-order valence-corrected chi connectivity index (χ1v) is 4.74. The summed E-state index contributed by atoms with van der Waals surface area (Å²) >= 11 is 1.53. The van der Waals surface area contributed by atoms with Gasteiger partial charge in [-0.1, -0.05) is 0 Å². The van der Waals surface area contributed by atoms with Crippen LogP contribution in [0.25, 0.3) is 0 Å². The molecule has 1 aromatic heterocycles. The minimum Gasteiger partial charge on any atom is -0.351 e. The summed E-state index contributed by atoms with van der Waals surface area (Å²) < 4.78 is 0. The Morgan fingerprint density at radius 3 is 3.00 bits per heavy atom. The van der Waals surface area contributed by atoms with E-state index >= 15 is 0 Å². The number of nitrogens with one attached hydrogen (secondary N) is 2. The van der Waals surface area contributed by atoms with Gasteiger partial charge < -0.3 is 10.6 Å². The molecule has 0 saturated heterocycles. The standard InChI is InChI=1S/C8H12N2OS/c1-9-3-4-10-8(11)7-2-5-12-6-7/h2,5-6,9H,3-4H2,1H3,(H,10,11). The first kappa shape index (κ1) is 9.22. The first-order valence-electron chi connectivity index (χ1n) is 3.79. The zero-order valence-corrected chi connectivity index (χ0v) is 7.78. The number of rotatable bonds is 4. The van der Waals surface area contributed by atoms with E-state index < -0.39 is 0 Å². The summed E-state index contributed by atoms with van der Waals surface area (Å²) in [6.07, 6.45) is 0. The van der Waals surface area contributed by atoms with E-state index in [0.717, 1.165) is 12.1 Å². The van der Waals surface area contributed by atoms with E-state index in [-0.39, 0.29) is 5.91 Å². The van der Waals surface area contributed by atoms with Crippen molar-refractivity contribution >= 4 is 17.2 Å². The van der Waals surface area contributed by atoms with Crippen LogP contribution in [0.1, 0.15) is 10.4 Å². The van der Waals surface area contributed by atoms with Crippen LogP contribution in [-0.2, 0) is 0 Å². The fraction of sp³-hybridized carbons (Fsp3) is 0.375. The number of amides is 1. The number of carbonyl (C=O) groups excluding carboxylic acids is 1. The highest BCUT2D eigenvalue weighted by Gasteiger charge is 2.02. The Bertz CT molecular complexity index is 233. The normalized spacial score (nSPS) is 9.75. The number of likely N-dealkylation sites (N-methyl/N-ethyl adjacent to an activating group) is 1. The van der Waals surface area contributed by atoms with Gasteiger partial charge in [0.05, 0.1) is 0 Å². The van der Waals surface area contributed by atoms with E-state index in [2.05, 4.69) is 10.6 Å². The van der Waals surface area contributed by atoms with Gasteiger partial charge in [-0.25, -0.2) is 0 Å². The molecule has 0 spiro atoms. The Hall–Kier alpha value is -0.870. The topological polar surface area (TPSA) is 41.1 Å². The lowest BCUT2D eigenvalue weighted by Crippen LogP contribution is -2.30. The fourth-order valence-corrected chi connectivity index (χ4v) is 1.43. The molecule has 0 unspecified atom stereocenters. The van der Waals surface area contributed by atoms with E-state index in [1.807, 2.05) is 23.9 Å². The molecular formula is C8H12N2OS. The Kier molecular flexibility index (Phi) is 3.76. The molecule has 0 fully saturated rings. The van der Waals surface area contributed by atoms with Crippen molar-refractivity contribution in [3.05, 3.63) is 22.4 Å². The second-order valence-corrected chi connectivity index (χ2v) is 3.15. The number of hydrogen-bond donors (Lipinski definition) is 2. The average Bonchev–Trinajstić information content (AvgIpc) is 2.56. The highest BCUT2D eigenvalue weighted by atomic mass is 32.1. The molecule has 0 radical (unpaired) electrons. The van der Waals surface area contributed by atoms with Crippen molar-refractivity contribution in [3.63, 3.8) is 0 Å². The van der Waals surface area contributed by atoms with E-state index in [4.69, 9.17) is 0 Å². The molecule has 1 heterocycles. The fourth-order valence-electron chi connectivity index (χ4n) is 0.797. The molecule has 2 N–H and O–H groups in total. The lowest BCUT2D eigenvalue weighted by atomic mass is 10.3. The van der Waals surface area contributed by atoms with Crippen LogP contribution in [0, 0.1) is 0 Å². The summed E-state index contributed by atoms with van der Waals surface area (Å²) in [5.74, 6) is 0.00602. The van der Waals surface area contributed by atoms with Gasteiger partial charge in [0.2, 0.25) is 0 Å². The lowest BCUT2D eigenvalue weighted by Gasteiger charge is -2.01. The molecule has 0 saturated carbocycles. The Morgan fingerprint density at radius 1 is 1.58 bits per heavy atom. The zero-order valence-electron chi connectivity index (χ0n) is 6.96. The van der Waals surface area contributed by atoms with E-state index in [1.54, 1.807) is 0 Å². The summed E-state index contributed by atoms with van der Waals surface area (Å²) in [6, 6.07) is 1.82. The molecule has 1 rings (SSSR count). The molecule has 0 bridgehead atoms. The summed E-state index contributed by atoms with van der Waals surface area (Å²) in [4.78, 5) is 11.2. The van der Waals surface area contributed by atoms with Crippen LogP contribution in [-0.4, -0.2) is 26.0 Å². The molecule has 4 heteroatoms. The highest BCUT2D eigenvalue weighted by molar-refractivity contribution is 7.08. The third-order valence-electron chi connectivity index (χ3n) is 1.44. The van der Waals surface area contributed by atoms with Crippen molar-refractivity contribution < 1.29 is 4.79 Å². The van der Waals surface area contributed by atoms with Gasteiger partial charge in [0.15, 0.2) is 0 Å². The van der Waals surface area contributed by atoms with Crippen molar-refractivity contribution in [2.75, 3.05) is 20.1 Å². The highest BCUT2D eigenvalue weighted by Crippen LogP contribution is 2.04. The molecule has 0 aliphatic rings. The van der Waals surface area contributed by atoms with Gasteiger partial charge in [-0.2, -0.15) is 11.3 Å². The maximum Gasteiger partial charge on any atom is 0.252 e. The van der Waals surface area contributed by atoms with E-state index in [0.29, 0.717) is 6.54 Å². The van der Waals surface area contributed by atoms with Gasteiger partial charge in [-0.05, 0) is 18.5 Å². The molecule has 0 aromatic carbocycles. The van der Waals surface area contributed by atoms with Gasteiger partial charge in [0.25, 0.3) is 5.91 Å². The molecule has 0 atom stereocenters. The van der Waals surface area contributed by atoms with Crippen LogP contribution in [0.15, 0.2) is 16.8 Å². The minimum absolute atomic E-state index is 0.00602. The van der Waals surface area contributed by atoms with E-state index in [9.17, 15) is 4.79 Å². The molecule has 12 heavy (non-hydrogen) atoms. The van der Waals surface area contributed by atoms with Crippen molar-refractivity contribution in [1.29, 1.82) is 0 Å². The average molecular weight is 184 g/mol. The van der Waals surface area contributed by atoms with Crippen molar-refractivity contribution in [3.8, 4) is 0 Å². The molecule has 0 aliphatic heterocycles. The molecule has 3 nitrogen and oxygen atoms in total. The van der Waals surface area contributed by atoms with Gasteiger partial charge in [-0.15, -0.1) is 0 Å². The third-order valence-corrected chi connectivity index (χ3v) is 2.13. The van der Waals surface area contributed by atoms with Crippen LogP contribution >= 0.6 is 11.3 Å². The van der Waals surface area contributed by atoms with Gasteiger partial charge in [-0.3, -0.25) is 4.79 Å². The third kappa shape index (κ3) is 2.64. The Morgan fingerprint density at radius 2 is 2.42 bits per heavy atom. The largest absolute Gasteiger partial charge is 0.351 e. The Balaban J connectivity index is 2.30. The van der Waals surface area contributed by atoms with Crippen molar-refractivity contribution in [2.45, 2.75) is 0 Å². The quantitative estimate of drug-likeness (QED) is 0.676. The summed E-state index contributed by atoms with van der Waals surface area (Å²) in [5.41, 5.74) is 0.746. The number of thiophene rings is 1. The lowest BCUT2D eigenvalue weighted by molar-refractivity contribution is 0.0954. The summed E-state index contributed by atoms with van der Waals surface area (Å²) in [5, 5.41) is 9.49. The predicted molar refractivity (Wildman–Crippen MR) is 50.6 cm³/mol.